The Morgan fingerprint density at radius 3 is 2.24 bits per heavy atom. The van der Waals surface area contributed by atoms with E-state index in [0.717, 1.165) is 39.8 Å². The van der Waals surface area contributed by atoms with Gasteiger partial charge in [-0.15, -0.1) is 0 Å². The molecule has 0 unspecified atom stereocenters. The van der Waals surface area contributed by atoms with Gasteiger partial charge in [-0.25, -0.2) is 13.6 Å². The number of carbonyl (C=O) groups excluding carboxylic acids is 1. The Labute approximate surface area is 263 Å². The summed E-state index contributed by atoms with van der Waals surface area (Å²) >= 11 is 0. The molecule has 45 heavy (non-hydrogen) atoms. The van der Waals surface area contributed by atoms with Crippen molar-refractivity contribution >= 4 is 11.9 Å². The van der Waals surface area contributed by atoms with Crippen molar-refractivity contribution in [2.24, 2.45) is 0 Å². The average Bonchev–Trinajstić information content (AvgIpc) is 3.23. The highest BCUT2D eigenvalue weighted by Gasteiger charge is 2.36. The topological polar surface area (TPSA) is 85.3 Å². The summed E-state index contributed by atoms with van der Waals surface area (Å²) < 4.78 is 47.1. The van der Waals surface area contributed by atoms with Crippen molar-refractivity contribution in [1.82, 2.24) is 4.90 Å². The summed E-state index contributed by atoms with van der Waals surface area (Å²) in [6.45, 7) is 12.3. The maximum atomic E-state index is 15.6. The second kappa shape index (κ2) is 12.4. The molecule has 0 saturated carbocycles. The van der Waals surface area contributed by atoms with E-state index in [-0.39, 0.29) is 23.0 Å². The number of carbonyl (C=O) groups is 2. The smallest absolute Gasteiger partial charge is 0.337 e. The lowest BCUT2D eigenvalue weighted by atomic mass is 9.79. The van der Waals surface area contributed by atoms with Gasteiger partial charge in [0.2, 0.25) is 0 Å². The summed E-state index contributed by atoms with van der Waals surface area (Å²) in [5.41, 5.74) is 6.23. The minimum Gasteiger partial charge on any atom is -0.496 e. The highest BCUT2D eigenvalue weighted by Crippen LogP contribution is 2.46. The van der Waals surface area contributed by atoms with E-state index in [0.29, 0.717) is 55.6 Å². The fourth-order valence-corrected chi connectivity index (χ4v) is 6.84. The molecule has 3 aromatic rings. The minimum atomic E-state index is -1.32. The van der Waals surface area contributed by atoms with Gasteiger partial charge in [-0.1, -0.05) is 0 Å². The Morgan fingerprint density at radius 1 is 0.956 bits per heavy atom. The van der Waals surface area contributed by atoms with Gasteiger partial charge in [0.15, 0.2) is 17.7 Å². The fraction of sp³-hybridized carbons (Fsp3) is 0.444. The molecule has 9 heteroatoms. The number of ether oxygens (including phenoxy) is 3. The molecule has 5 rings (SSSR count). The normalized spacial score (nSPS) is 15.4. The molecule has 2 heterocycles. The maximum absolute atomic E-state index is 15.6. The van der Waals surface area contributed by atoms with Gasteiger partial charge in [-0.05, 0) is 130 Å². The van der Waals surface area contributed by atoms with Gasteiger partial charge in [-0.2, -0.15) is 0 Å². The molecule has 0 spiro atoms. The number of carboxylic acids is 1. The van der Waals surface area contributed by atoms with Crippen LogP contribution in [0.2, 0.25) is 0 Å². The van der Waals surface area contributed by atoms with Crippen molar-refractivity contribution < 1.29 is 37.7 Å². The SMILES string of the molecule is COc1ccc(F)cc1C(=O)N1CCc2c(C)c(-c3cc(F)c4c(c3C)CCCO4)c([C@H](OC(C)(C)C)C(=O)O)c(C)c2CC1. The number of rotatable bonds is 6. The zero-order valence-corrected chi connectivity index (χ0v) is 27.0. The number of amides is 1. The van der Waals surface area contributed by atoms with Crippen molar-refractivity contribution in [3.8, 4) is 22.6 Å². The number of fused-ring (bicyclic) bond motifs is 2. The molecular formula is C36H41F2NO6. The maximum Gasteiger partial charge on any atom is 0.337 e. The largest absolute Gasteiger partial charge is 0.496 e. The molecular weight excluding hydrogens is 580 g/mol. The number of nitrogens with zero attached hydrogens (tertiary/aromatic N) is 1. The number of benzene rings is 3. The monoisotopic (exact) mass is 621 g/mol. The van der Waals surface area contributed by atoms with Crippen molar-refractivity contribution in [1.29, 1.82) is 0 Å². The first-order chi connectivity index (χ1) is 21.2. The predicted molar refractivity (Wildman–Crippen MR) is 167 cm³/mol. The van der Waals surface area contributed by atoms with Crippen LogP contribution in [-0.4, -0.2) is 54.3 Å². The Hall–Kier alpha value is -3.98. The fourth-order valence-electron chi connectivity index (χ4n) is 6.84. The number of hydrogen-bond donors (Lipinski definition) is 1. The Balaban J connectivity index is 1.70. The Kier molecular flexibility index (Phi) is 8.95. The van der Waals surface area contributed by atoms with Crippen molar-refractivity contribution in [3.05, 3.63) is 80.4 Å². The molecule has 3 aromatic carbocycles. The third-order valence-corrected chi connectivity index (χ3v) is 8.92. The van der Waals surface area contributed by atoms with Crippen LogP contribution in [0, 0.1) is 32.4 Å². The molecule has 0 aliphatic carbocycles. The molecule has 0 radical (unpaired) electrons. The predicted octanol–water partition coefficient (Wildman–Crippen LogP) is 7.07. The van der Waals surface area contributed by atoms with E-state index in [1.54, 1.807) is 25.7 Å². The van der Waals surface area contributed by atoms with E-state index in [2.05, 4.69) is 0 Å². The van der Waals surface area contributed by atoms with Crippen LogP contribution in [0.1, 0.15) is 82.6 Å². The molecule has 2 aliphatic rings. The second-order valence-electron chi connectivity index (χ2n) is 12.9. The van der Waals surface area contributed by atoms with Gasteiger partial charge >= 0.3 is 5.97 Å². The summed E-state index contributed by atoms with van der Waals surface area (Å²) in [4.78, 5) is 28.3. The molecule has 2 aliphatic heterocycles. The summed E-state index contributed by atoms with van der Waals surface area (Å²) in [5.74, 6) is -1.95. The lowest BCUT2D eigenvalue weighted by Gasteiger charge is -2.31. The van der Waals surface area contributed by atoms with Gasteiger partial charge in [0.25, 0.3) is 5.91 Å². The standard InChI is InChI=1S/C36H41F2NO6/c1-19-25-9-8-16-44-32(25)28(38)18-26(19)30-20(2)23-12-14-39(34(40)27-17-22(37)10-11-29(27)43-7)15-13-24(23)21(3)31(30)33(35(41)42)45-36(4,5)6/h10-11,17-18,33H,8-9,12-16H2,1-7H3,(H,41,42)/t33-/m0/s1. The van der Waals surface area contributed by atoms with Crippen LogP contribution in [0.5, 0.6) is 11.5 Å². The summed E-state index contributed by atoms with van der Waals surface area (Å²) in [6, 6.07) is 5.33. The zero-order valence-electron chi connectivity index (χ0n) is 27.0. The number of hydrogen-bond acceptors (Lipinski definition) is 5. The van der Waals surface area contributed by atoms with Gasteiger partial charge in [0, 0.05) is 24.2 Å². The molecule has 0 saturated heterocycles. The van der Waals surface area contributed by atoms with Crippen LogP contribution >= 0.6 is 0 Å². The van der Waals surface area contributed by atoms with Crippen LogP contribution < -0.4 is 9.47 Å². The molecule has 1 amide bonds. The third kappa shape index (κ3) is 6.15. The van der Waals surface area contributed by atoms with Crippen LogP contribution in [-0.2, 0) is 28.8 Å². The molecule has 0 bridgehead atoms. The number of carboxylic acid groups (broad SMARTS) is 1. The minimum absolute atomic E-state index is 0.144. The highest BCUT2D eigenvalue weighted by atomic mass is 19.1. The van der Waals surface area contributed by atoms with Crippen molar-refractivity contribution in [3.63, 3.8) is 0 Å². The van der Waals surface area contributed by atoms with Gasteiger partial charge in [-0.3, -0.25) is 4.79 Å². The molecule has 0 fully saturated rings. The van der Waals surface area contributed by atoms with E-state index < -0.39 is 29.3 Å². The van der Waals surface area contributed by atoms with E-state index >= 15 is 4.39 Å². The lowest BCUT2D eigenvalue weighted by molar-refractivity contribution is -0.160. The summed E-state index contributed by atoms with van der Waals surface area (Å²) in [7, 11) is 1.44. The molecule has 1 N–H and O–H groups in total. The van der Waals surface area contributed by atoms with E-state index in [1.807, 2.05) is 20.8 Å². The number of aliphatic carboxylic acids is 1. The Morgan fingerprint density at radius 2 is 1.62 bits per heavy atom. The second-order valence-corrected chi connectivity index (χ2v) is 12.9. The first kappa shape index (κ1) is 32.4. The van der Waals surface area contributed by atoms with Crippen LogP contribution in [0.15, 0.2) is 24.3 Å². The van der Waals surface area contributed by atoms with E-state index in [4.69, 9.17) is 14.2 Å². The number of methoxy groups -OCH3 is 1. The quantitative estimate of drug-likeness (QED) is 0.317. The first-order valence-electron chi connectivity index (χ1n) is 15.4. The third-order valence-electron chi connectivity index (χ3n) is 8.92. The van der Waals surface area contributed by atoms with Gasteiger partial charge < -0.3 is 24.2 Å². The van der Waals surface area contributed by atoms with Gasteiger partial charge in [0.05, 0.1) is 24.9 Å². The molecule has 7 nitrogen and oxygen atoms in total. The van der Waals surface area contributed by atoms with E-state index in [1.165, 1.54) is 31.4 Å². The first-order valence-corrected chi connectivity index (χ1v) is 15.4. The highest BCUT2D eigenvalue weighted by molar-refractivity contribution is 5.97. The van der Waals surface area contributed by atoms with Crippen LogP contribution in [0.4, 0.5) is 8.78 Å². The van der Waals surface area contributed by atoms with Gasteiger partial charge in [0.1, 0.15) is 11.6 Å². The number of halogens is 2. The molecule has 0 aromatic heterocycles. The molecule has 240 valence electrons. The van der Waals surface area contributed by atoms with Crippen molar-refractivity contribution in [2.45, 2.75) is 78.9 Å². The lowest BCUT2D eigenvalue weighted by Crippen LogP contribution is -2.33. The summed E-state index contributed by atoms with van der Waals surface area (Å²) in [6.07, 6.45) is 1.02. The Bertz CT molecular complexity index is 1680. The summed E-state index contributed by atoms with van der Waals surface area (Å²) in [5, 5.41) is 10.6. The van der Waals surface area contributed by atoms with Crippen molar-refractivity contribution in [2.75, 3.05) is 26.8 Å². The van der Waals surface area contributed by atoms with E-state index in [9.17, 15) is 19.1 Å². The zero-order chi connectivity index (χ0) is 32.8. The van der Waals surface area contributed by atoms with Crippen LogP contribution in [0.25, 0.3) is 11.1 Å². The average molecular weight is 622 g/mol. The van der Waals surface area contributed by atoms with Crippen LogP contribution in [0.3, 0.4) is 0 Å². The molecule has 1 atom stereocenters.